The van der Waals surface area contributed by atoms with Crippen LogP contribution in [-0.2, 0) is 0 Å². The molecule has 0 aliphatic carbocycles. The van der Waals surface area contributed by atoms with Gasteiger partial charge in [0.1, 0.15) is 5.76 Å². The fraction of sp³-hybridized carbons (Fsp3) is 0.364. The highest BCUT2D eigenvalue weighted by molar-refractivity contribution is 6.06. The maximum absolute atomic E-state index is 13.0. The molecule has 5 heteroatoms. The number of hydrogen-bond donors (Lipinski definition) is 1. The molecule has 5 nitrogen and oxygen atoms in total. The Hall–Kier alpha value is -2.66. The zero-order valence-electron chi connectivity index (χ0n) is 15.6. The number of rotatable bonds is 5. The summed E-state index contributed by atoms with van der Waals surface area (Å²) >= 11 is 0. The summed E-state index contributed by atoms with van der Waals surface area (Å²) in [4.78, 5) is 19.9. The van der Waals surface area contributed by atoms with Gasteiger partial charge in [-0.1, -0.05) is 24.6 Å². The molecular weight excluding hydrogens is 338 g/mol. The number of pyridine rings is 1. The van der Waals surface area contributed by atoms with E-state index in [2.05, 4.69) is 15.2 Å². The lowest BCUT2D eigenvalue weighted by molar-refractivity contribution is 0.0915. The van der Waals surface area contributed by atoms with Gasteiger partial charge >= 0.3 is 0 Å². The Morgan fingerprint density at radius 3 is 2.78 bits per heavy atom. The third-order valence-corrected chi connectivity index (χ3v) is 5.25. The van der Waals surface area contributed by atoms with Gasteiger partial charge in [0.15, 0.2) is 0 Å². The molecule has 3 heterocycles. The van der Waals surface area contributed by atoms with Crippen LogP contribution in [0.2, 0.25) is 0 Å². The van der Waals surface area contributed by atoms with E-state index in [4.69, 9.17) is 4.42 Å². The number of furan rings is 1. The first-order chi connectivity index (χ1) is 13.2. The van der Waals surface area contributed by atoms with Crippen LogP contribution in [0.3, 0.4) is 0 Å². The van der Waals surface area contributed by atoms with Crippen molar-refractivity contribution >= 4 is 16.8 Å². The second-order valence-electron chi connectivity index (χ2n) is 7.17. The lowest BCUT2D eigenvalue weighted by Gasteiger charge is -2.33. The number of nitrogens with zero attached hydrogens (tertiary/aromatic N) is 2. The van der Waals surface area contributed by atoms with Gasteiger partial charge < -0.3 is 9.73 Å². The highest BCUT2D eigenvalue weighted by Crippen LogP contribution is 2.25. The number of aryl methyl sites for hydroxylation is 1. The summed E-state index contributed by atoms with van der Waals surface area (Å²) in [5, 5.41) is 4.02. The fourth-order valence-electron chi connectivity index (χ4n) is 3.90. The Balaban J connectivity index is 1.55. The standard InChI is InChI=1S/C22H25N3O2/c1-16-14-18(17-8-3-4-9-19(17)24-16)22(26)23-15-20(21-10-7-13-27-21)25-11-5-2-6-12-25/h3-4,7-10,13-14,20H,2,5-6,11-12,15H2,1H3,(H,23,26)/t20-/m1/s1. The molecule has 1 aliphatic rings. The van der Waals surface area contributed by atoms with E-state index in [9.17, 15) is 4.79 Å². The molecule has 1 aromatic carbocycles. The average molecular weight is 363 g/mol. The maximum atomic E-state index is 13.0. The van der Waals surface area contributed by atoms with Crippen LogP contribution in [0.25, 0.3) is 10.9 Å². The van der Waals surface area contributed by atoms with E-state index in [1.807, 2.05) is 49.4 Å². The van der Waals surface area contributed by atoms with Crippen molar-refractivity contribution < 1.29 is 9.21 Å². The van der Waals surface area contributed by atoms with Crippen molar-refractivity contribution in [3.8, 4) is 0 Å². The molecule has 1 aliphatic heterocycles. The molecule has 1 N–H and O–H groups in total. The van der Waals surface area contributed by atoms with Crippen molar-refractivity contribution in [2.75, 3.05) is 19.6 Å². The Morgan fingerprint density at radius 1 is 1.19 bits per heavy atom. The number of likely N-dealkylation sites (tertiary alicyclic amines) is 1. The number of carbonyl (C=O) groups is 1. The van der Waals surface area contributed by atoms with E-state index < -0.39 is 0 Å². The van der Waals surface area contributed by atoms with Gasteiger partial charge in [-0.05, 0) is 57.1 Å². The van der Waals surface area contributed by atoms with E-state index >= 15 is 0 Å². The molecule has 0 saturated carbocycles. The van der Waals surface area contributed by atoms with Gasteiger partial charge in [-0.15, -0.1) is 0 Å². The fourth-order valence-corrected chi connectivity index (χ4v) is 3.90. The molecule has 0 spiro atoms. The van der Waals surface area contributed by atoms with Gasteiger partial charge in [-0.3, -0.25) is 14.7 Å². The number of nitrogens with one attached hydrogen (secondary N) is 1. The molecule has 0 unspecified atom stereocenters. The topological polar surface area (TPSA) is 58.4 Å². The quantitative estimate of drug-likeness (QED) is 0.742. The number of aromatic nitrogens is 1. The normalized spacial score (nSPS) is 16.3. The van der Waals surface area contributed by atoms with Crippen LogP contribution in [0.15, 0.2) is 53.1 Å². The van der Waals surface area contributed by atoms with E-state index in [1.54, 1.807) is 6.26 Å². The number of amides is 1. The summed E-state index contributed by atoms with van der Waals surface area (Å²) in [5.74, 6) is 0.846. The zero-order valence-corrected chi connectivity index (χ0v) is 15.6. The van der Waals surface area contributed by atoms with Crippen molar-refractivity contribution in [3.05, 3.63) is 65.7 Å². The molecule has 4 rings (SSSR count). The van der Waals surface area contributed by atoms with Crippen molar-refractivity contribution in [1.29, 1.82) is 0 Å². The molecule has 0 radical (unpaired) electrons. The minimum Gasteiger partial charge on any atom is -0.468 e. The van der Waals surface area contributed by atoms with Crippen LogP contribution in [0, 0.1) is 6.92 Å². The molecule has 140 valence electrons. The van der Waals surface area contributed by atoms with E-state index in [-0.39, 0.29) is 11.9 Å². The second kappa shape index (κ2) is 7.92. The lowest BCUT2D eigenvalue weighted by atomic mass is 10.1. The first-order valence-corrected chi connectivity index (χ1v) is 9.64. The Labute approximate surface area is 159 Å². The van der Waals surface area contributed by atoms with Crippen LogP contribution < -0.4 is 5.32 Å². The van der Waals surface area contributed by atoms with Crippen molar-refractivity contribution in [2.24, 2.45) is 0 Å². The number of carbonyl (C=O) groups excluding carboxylic acids is 1. The monoisotopic (exact) mass is 363 g/mol. The molecule has 3 aromatic rings. The maximum Gasteiger partial charge on any atom is 0.252 e. The summed E-state index contributed by atoms with van der Waals surface area (Å²) in [6.07, 6.45) is 5.36. The van der Waals surface area contributed by atoms with E-state index in [1.165, 1.54) is 19.3 Å². The minimum absolute atomic E-state index is 0.0646. The zero-order chi connectivity index (χ0) is 18.6. The van der Waals surface area contributed by atoms with Crippen molar-refractivity contribution in [3.63, 3.8) is 0 Å². The highest BCUT2D eigenvalue weighted by atomic mass is 16.3. The van der Waals surface area contributed by atoms with Crippen LogP contribution in [0.5, 0.6) is 0 Å². The highest BCUT2D eigenvalue weighted by Gasteiger charge is 2.25. The predicted molar refractivity (Wildman–Crippen MR) is 106 cm³/mol. The lowest BCUT2D eigenvalue weighted by Crippen LogP contribution is -2.40. The average Bonchev–Trinajstić information content (AvgIpc) is 3.22. The molecule has 1 amide bonds. The van der Waals surface area contributed by atoms with Crippen LogP contribution >= 0.6 is 0 Å². The second-order valence-corrected chi connectivity index (χ2v) is 7.17. The molecule has 27 heavy (non-hydrogen) atoms. The number of fused-ring (bicyclic) bond motifs is 1. The summed E-state index contributed by atoms with van der Waals surface area (Å²) in [6, 6.07) is 13.6. The third kappa shape index (κ3) is 3.88. The number of para-hydroxylation sites is 1. The smallest absolute Gasteiger partial charge is 0.252 e. The molecule has 1 atom stereocenters. The van der Waals surface area contributed by atoms with Crippen LogP contribution in [-0.4, -0.2) is 35.4 Å². The van der Waals surface area contributed by atoms with E-state index in [0.29, 0.717) is 12.1 Å². The molecule has 1 fully saturated rings. The van der Waals surface area contributed by atoms with Crippen molar-refractivity contribution in [2.45, 2.75) is 32.2 Å². The number of piperidine rings is 1. The van der Waals surface area contributed by atoms with Gasteiger partial charge in [0.2, 0.25) is 0 Å². The summed E-state index contributed by atoms with van der Waals surface area (Å²) in [7, 11) is 0. The predicted octanol–water partition coefficient (Wildman–Crippen LogP) is 4.09. The van der Waals surface area contributed by atoms with Gasteiger partial charge in [-0.25, -0.2) is 0 Å². The molecule has 0 bridgehead atoms. The minimum atomic E-state index is -0.0646. The van der Waals surface area contributed by atoms with Gasteiger partial charge in [0.25, 0.3) is 5.91 Å². The summed E-state index contributed by atoms with van der Waals surface area (Å²) < 4.78 is 5.67. The third-order valence-electron chi connectivity index (χ3n) is 5.25. The molecule has 2 aromatic heterocycles. The first-order valence-electron chi connectivity index (χ1n) is 9.64. The van der Waals surface area contributed by atoms with Gasteiger partial charge in [-0.2, -0.15) is 0 Å². The number of hydrogen-bond acceptors (Lipinski definition) is 4. The Morgan fingerprint density at radius 2 is 2.00 bits per heavy atom. The van der Waals surface area contributed by atoms with Crippen LogP contribution in [0.4, 0.5) is 0 Å². The first kappa shape index (κ1) is 17.7. The molecular formula is C22H25N3O2. The number of benzene rings is 1. The summed E-state index contributed by atoms with van der Waals surface area (Å²) in [6.45, 7) is 4.53. The SMILES string of the molecule is Cc1cc(C(=O)NC[C@H](c2ccco2)N2CCCCC2)c2ccccc2n1. The van der Waals surface area contributed by atoms with Crippen LogP contribution in [0.1, 0.15) is 47.1 Å². The Kier molecular flexibility index (Phi) is 5.21. The summed E-state index contributed by atoms with van der Waals surface area (Å²) in [5.41, 5.74) is 2.37. The Bertz CT molecular complexity index is 914. The van der Waals surface area contributed by atoms with E-state index in [0.717, 1.165) is 35.4 Å². The van der Waals surface area contributed by atoms with Gasteiger partial charge in [0.05, 0.1) is 23.4 Å². The molecule has 1 saturated heterocycles. The van der Waals surface area contributed by atoms with Crippen molar-refractivity contribution in [1.82, 2.24) is 15.2 Å². The largest absolute Gasteiger partial charge is 0.468 e. The van der Waals surface area contributed by atoms with Gasteiger partial charge in [0, 0.05) is 17.6 Å².